The highest BCUT2D eigenvalue weighted by Crippen LogP contribution is 2.26. The van der Waals surface area contributed by atoms with Gasteiger partial charge in [-0.1, -0.05) is 11.8 Å². The zero-order chi connectivity index (χ0) is 17.6. The number of hydrogen-bond acceptors (Lipinski definition) is 7. The monoisotopic (exact) mass is 373 g/mol. The number of nitrogens with zero attached hydrogens (tertiary/aromatic N) is 2. The first-order chi connectivity index (χ1) is 12.2. The molecule has 0 aliphatic heterocycles. The van der Waals surface area contributed by atoms with Crippen molar-refractivity contribution >= 4 is 45.7 Å². The highest BCUT2D eigenvalue weighted by Gasteiger charge is 2.12. The molecular formula is C17H15N3O3S2. The Labute approximate surface area is 152 Å². The summed E-state index contributed by atoms with van der Waals surface area (Å²) in [7, 11) is 0. The number of aromatic nitrogens is 2. The van der Waals surface area contributed by atoms with Crippen molar-refractivity contribution in [2.75, 3.05) is 12.4 Å². The Morgan fingerprint density at radius 3 is 2.88 bits per heavy atom. The Morgan fingerprint density at radius 1 is 1.16 bits per heavy atom. The molecule has 2 N–H and O–H groups in total. The van der Waals surface area contributed by atoms with Gasteiger partial charge < -0.3 is 10.4 Å². The van der Waals surface area contributed by atoms with Crippen molar-refractivity contribution in [1.29, 1.82) is 0 Å². The number of Topliss-reactive ketones (excluding diaryl/α,β-unsaturated/α-hetero) is 1. The van der Waals surface area contributed by atoms with Crippen molar-refractivity contribution in [1.82, 2.24) is 15.3 Å². The molecule has 0 spiro atoms. The predicted molar refractivity (Wildman–Crippen MR) is 97.8 cm³/mol. The standard InChI is InChI=1S/C17H15N3O3S2/c21-9-16(23)20-8-11-3-4-15(25-11)14(22)10-24-17-12-2-1-6-18-13(12)5-7-19-17/h1-7,21H,8-10H2,(H,20,23). The molecule has 0 bridgehead atoms. The Balaban J connectivity index is 1.63. The second kappa shape index (κ2) is 8.19. The normalized spacial score (nSPS) is 10.8. The molecule has 25 heavy (non-hydrogen) atoms. The van der Waals surface area contributed by atoms with E-state index in [1.165, 1.54) is 23.1 Å². The molecule has 0 aliphatic rings. The summed E-state index contributed by atoms with van der Waals surface area (Å²) in [5.74, 6) is -0.144. The molecule has 0 unspecified atom stereocenters. The molecule has 0 fully saturated rings. The molecule has 3 heterocycles. The van der Waals surface area contributed by atoms with Crippen LogP contribution in [0.5, 0.6) is 0 Å². The number of nitrogens with one attached hydrogen (secondary N) is 1. The number of amides is 1. The van der Waals surface area contributed by atoms with Crippen molar-refractivity contribution in [2.24, 2.45) is 0 Å². The zero-order valence-electron chi connectivity index (χ0n) is 13.1. The highest BCUT2D eigenvalue weighted by atomic mass is 32.2. The summed E-state index contributed by atoms with van der Waals surface area (Å²) in [6.45, 7) is -0.234. The molecule has 3 rings (SSSR count). The third kappa shape index (κ3) is 4.41. The molecule has 1 amide bonds. The number of aliphatic hydroxyl groups is 1. The first-order valence-electron chi connectivity index (χ1n) is 7.49. The van der Waals surface area contributed by atoms with E-state index in [1.807, 2.05) is 18.2 Å². The van der Waals surface area contributed by atoms with E-state index in [2.05, 4.69) is 15.3 Å². The summed E-state index contributed by atoms with van der Waals surface area (Å²) in [6.07, 6.45) is 3.42. The number of thiophene rings is 1. The molecule has 0 saturated carbocycles. The Morgan fingerprint density at radius 2 is 2.04 bits per heavy atom. The SMILES string of the molecule is O=C(CO)NCc1ccc(C(=O)CSc2nccc3ncccc23)s1. The predicted octanol–water partition coefficient (Wildman–Crippen LogP) is 2.27. The van der Waals surface area contributed by atoms with E-state index in [4.69, 9.17) is 5.11 Å². The largest absolute Gasteiger partial charge is 0.387 e. The number of carbonyl (C=O) groups is 2. The van der Waals surface area contributed by atoms with Crippen LogP contribution in [0.2, 0.25) is 0 Å². The quantitative estimate of drug-likeness (QED) is 0.488. The van der Waals surface area contributed by atoms with Gasteiger partial charge >= 0.3 is 0 Å². The van der Waals surface area contributed by atoms with Crippen LogP contribution in [-0.2, 0) is 11.3 Å². The van der Waals surface area contributed by atoms with Crippen LogP contribution < -0.4 is 5.32 Å². The number of thioether (sulfide) groups is 1. The topological polar surface area (TPSA) is 92.2 Å². The fraction of sp³-hybridized carbons (Fsp3) is 0.176. The summed E-state index contributed by atoms with van der Waals surface area (Å²) in [4.78, 5) is 33.6. The number of pyridine rings is 2. The molecule has 6 nitrogen and oxygen atoms in total. The number of rotatable bonds is 7. The first-order valence-corrected chi connectivity index (χ1v) is 9.29. The fourth-order valence-electron chi connectivity index (χ4n) is 2.16. The van der Waals surface area contributed by atoms with E-state index in [0.717, 1.165) is 20.8 Å². The van der Waals surface area contributed by atoms with Crippen LogP contribution in [0, 0.1) is 0 Å². The maximum absolute atomic E-state index is 12.4. The number of fused-ring (bicyclic) bond motifs is 1. The van der Waals surface area contributed by atoms with Crippen LogP contribution in [0.4, 0.5) is 0 Å². The lowest BCUT2D eigenvalue weighted by Crippen LogP contribution is -2.25. The van der Waals surface area contributed by atoms with Gasteiger partial charge in [-0.2, -0.15) is 0 Å². The molecule has 0 radical (unpaired) electrons. The molecular weight excluding hydrogens is 358 g/mol. The van der Waals surface area contributed by atoms with Crippen molar-refractivity contribution in [2.45, 2.75) is 11.6 Å². The van der Waals surface area contributed by atoms with Gasteiger partial charge in [0.25, 0.3) is 0 Å². The van der Waals surface area contributed by atoms with E-state index in [9.17, 15) is 9.59 Å². The molecule has 128 valence electrons. The van der Waals surface area contributed by atoms with Crippen molar-refractivity contribution in [3.05, 3.63) is 52.5 Å². The minimum absolute atomic E-state index is 0.0115. The lowest BCUT2D eigenvalue weighted by molar-refractivity contribution is -0.123. The van der Waals surface area contributed by atoms with Crippen LogP contribution in [0.3, 0.4) is 0 Å². The van der Waals surface area contributed by atoms with Crippen LogP contribution in [0.1, 0.15) is 14.5 Å². The average Bonchev–Trinajstić information content (AvgIpc) is 3.13. The molecule has 3 aromatic heterocycles. The van der Waals surface area contributed by atoms with Crippen molar-refractivity contribution < 1.29 is 14.7 Å². The summed E-state index contributed by atoms with van der Waals surface area (Å²) < 4.78 is 0. The van der Waals surface area contributed by atoms with E-state index >= 15 is 0 Å². The minimum Gasteiger partial charge on any atom is -0.387 e. The molecule has 8 heteroatoms. The molecule has 0 aromatic carbocycles. The van der Waals surface area contributed by atoms with Gasteiger partial charge in [0.1, 0.15) is 11.6 Å². The van der Waals surface area contributed by atoms with Gasteiger partial charge in [0.2, 0.25) is 5.91 Å². The van der Waals surface area contributed by atoms with Crippen LogP contribution in [0.15, 0.2) is 47.8 Å². The van der Waals surface area contributed by atoms with Gasteiger partial charge in [-0.25, -0.2) is 4.98 Å². The smallest absolute Gasteiger partial charge is 0.246 e. The molecule has 0 saturated heterocycles. The molecule has 3 aromatic rings. The van der Waals surface area contributed by atoms with Gasteiger partial charge in [0, 0.05) is 22.7 Å². The lowest BCUT2D eigenvalue weighted by Gasteiger charge is -2.03. The summed E-state index contributed by atoms with van der Waals surface area (Å²) in [5.41, 5.74) is 0.852. The van der Waals surface area contributed by atoms with Gasteiger partial charge in [-0.05, 0) is 30.3 Å². The summed E-state index contributed by atoms with van der Waals surface area (Å²) in [6, 6.07) is 9.19. The van der Waals surface area contributed by atoms with Crippen molar-refractivity contribution in [3.63, 3.8) is 0 Å². The fourth-order valence-corrected chi connectivity index (χ4v) is 4.02. The minimum atomic E-state index is -0.541. The Bertz CT molecular complexity index is 906. The first kappa shape index (κ1) is 17.5. The van der Waals surface area contributed by atoms with Crippen LogP contribution >= 0.6 is 23.1 Å². The number of ketones is 1. The Kier molecular flexibility index (Phi) is 5.75. The van der Waals surface area contributed by atoms with Crippen LogP contribution in [0.25, 0.3) is 10.9 Å². The second-order valence-corrected chi connectivity index (χ2v) is 7.23. The number of carbonyl (C=O) groups excluding carboxylic acids is 2. The summed E-state index contributed by atoms with van der Waals surface area (Å²) in [5, 5.41) is 13.0. The maximum atomic E-state index is 12.4. The third-order valence-corrected chi connectivity index (χ3v) is 5.50. The Hall–Kier alpha value is -2.29. The second-order valence-electron chi connectivity index (χ2n) is 5.10. The van der Waals surface area contributed by atoms with E-state index in [-0.39, 0.29) is 11.5 Å². The van der Waals surface area contributed by atoms with E-state index in [0.29, 0.717) is 11.4 Å². The van der Waals surface area contributed by atoms with Gasteiger partial charge in [-0.3, -0.25) is 14.6 Å². The van der Waals surface area contributed by atoms with E-state index < -0.39 is 12.5 Å². The lowest BCUT2D eigenvalue weighted by atomic mass is 10.3. The van der Waals surface area contributed by atoms with Gasteiger partial charge in [-0.15, -0.1) is 11.3 Å². The van der Waals surface area contributed by atoms with Gasteiger partial charge in [0.15, 0.2) is 5.78 Å². The summed E-state index contributed by atoms with van der Waals surface area (Å²) >= 11 is 2.73. The highest BCUT2D eigenvalue weighted by molar-refractivity contribution is 8.00. The maximum Gasteiger partial charge on any atom is 0.246 e. The van der Waals surface area contributed by atoms with Crippen LogP contribution in [-0.4, -0.2) is 39.1 Å². The number of hydrogen-bond donors (Lipinski definition) is 2. The zero-order valence-corrected chi connectivity index (χ0v) is 14.8. The van der Waals surface area contributed by atoms with E-state index in [1.54, 1.807) is 24.5 Å². The van der Waals surface area contributed by atoms with Gasteiger partial charge in [0.05, 0.1) is 22.7 Å². The molecule has 0 atom stereocenters. The third-order valence-electron chi connectivity index (χ3n) is 3.37. The molecule has 0 aliphatic carbocycles. The number of aliphatic hydroxyl groups excluding tert-OH is 1. The average molecular weight is 373 g/mol. The van der Waals surface area contributed by atoms with Crippen molar-refractivity contribution in [3.8, 4) is 0 Å².